The maximum absolute atomic E-state index is 13.1. The number of hydrogen-bond acceptors (Lipinski definition) is 3. The Kier molecular flexibility index (Phi) is 6.15. The van der Waals surface area contributed by atoms with Crippen LogP contribution >= 0.6 is 0 Å². The minimum Gasteiger partial charge on any atom is -0.370 e. The molecule has 0 radical (unpaired) electrons. The Hall–Kier alpha value is -2.82. The van der Waals surface area contributed by atoms with Crippen molar-refractivity contribution >= 4 is 28.3 Å². The summed E-state index contributed by atoms with van der Waals surface area (Å²) in [6.07, 6.45) is 10.9. The second kappa shape index (κ2) is 9.35. The zero-order chi connectivity index (χ0) is 21.9. The second-order valence-electron chi connectivity index (χ2n) is 9.44. The first-order valence-electron chi connectivity index (χ1n) is 12.4. The standard InChI is InChI=1S/C27H34N4O/c1-2-8-19-11-13-21(14-12-19)27(32)30-24-17-22-23(18-25(24)31-15-6-7-16-31)29-26(28-22)20-9-4-3-5-10-20/h11-14,17-18,20H,2-10,15-16H2,1H3,(H,28,29)(H,30,32). The van der Waals surface area contributed by atoms with Crippen LogP contribution in [0, 0.1) is 0 Å². The molecule has 32 heavy (non-hydrogen) atoms. The monoisotopic (exact) mass is 430 g/mol. The van der Waals surface area contributed by atoms with E-state index in [9.17, 15) is 4.79 Å². The summed E-state index contributed by atoms with van der Waals surface area (Å²) in [4.78, 5) is 24.0. The Morgan fingerprint density at radius 1 is 1.06 bits per heavy atom. The summed E-state index contributed by atoms with van der Waals surface area (Å²) in [6.45, 7) is 4.23. The predicted molar refractivity (Wildman–Crippen MR) is 132 cm³/mol. The maximum atomic E-state index is 13.1. The number of aromatic nitrogens is 2. The van der Waals surface area contributed by atoms with Crippen LogP contribution in [0.2, 0.25) is 0 Å². The van der Waals surface area contributed by atoms with Crippen LogP contribution in [-0.4, -0.2) is 29.0 Å². The van der Waals surface area contributed by atoms with Crippen molar-refractivity contribution in [3.63, 3.8) is 0 Å². The summed E-state index contributed by atoms with van der Waals surface area (Å²) < 4.78 is 0. The number of nitrogens with one attached hydrogen (secondary N) is 2. The van der Waals surface area contributed by atoms with E-state index in [1.54, 1.807) is 0 Å². The van der Waals surface area contributed by atoms with Crippen molar-refractivity contribution in [2.24, 2.45) is 0 Å². The smallest absolute Gasteiger partial charge is 0.255 e. The van der Waals surface area contributed by atoms with Gasteiger partial charge in [0.2, 0.25) is 0 Å². The molecular formula is C27H34N4O. The number of hydrogen-bond donors (Lipinski definition) is 2. The third-order valence-electron chi connectivity index (χ3n) is 7.06. The van der Waals surface area contributed by atoms with Crippen molar-refractivity contribution in [3.05, 3.63) is 53.3 Å². The molecule has 1 saturated heterocycles. The molecule has 5 nitrogen and oxygen atoms in total. The van der Waals surface area contributed by atoms with E-state index in [4.69, 9.17) is 4.98 Å². The topological polar surface area (TPSA) is 61.0 Å². The van der Waals surface area contributed by atoms with Crippen LogP contribution in [0.1, 0.15) is 86.0 Å². The predicted octanol–water partition coefficient (Wildman–Crippen LogP) is 6.42. The van der Waals surface area contributed by atoms with E-state index in [2.05, 4.69) is 46.4 Å². The van der Waals surface area contributed by atoms with E-state index in [0.29, 0.717) is 11.5 Å². The lowest BCUT2D eigenvalue weighted by atomic mass is 9.89. The minimum absolute atomic E-state index is 0.0557. The number of rotatable bonds is 6. The summed E-state index contributed by atoms with van der Waals surface area (Å²) in [7, 11) is 0. The molecule has 1 amide bonds. The molecule has 5 rings (SSSR count). The number of amides is 1. The second-order valence-corrected chi connectivity index (χ2v) is 9.44. The number of nitrogens with zero attached hydrogens (tertiary/aromatic N) is 2. The lowest BCUT2D eigenvalue weighted by Gasteiger charge is -2.21. The molecule has 0 unspecified atom stereocenters. The number of fused-ring (bicyclic) bond motifs is 1. The van der Waals surface area contributed by atoms with Crippen molar-refractivity contribution in [2.45, 2.75) is 70.6 Å². The number of aryl methyl sites for hydroxylation is 1. The first kappa shape index (κ1) is 21.0. The SMILES string of the molecule is CCCc1ccc(C(=O)Nc2cc3[nH]c(C4CCCCC4)nc3cc2N2CCCC2)cc1. The molecule has 2 aliphatic rings. The Balaban J connectivity index is 1.45. The molecule has 0 bridgehead atoms. The molecule has 0 spiro atoms. The van der Waals surface area contributed by atoms with Crippen molar-refractivity contribution in [1.29, 1.82) is 0 Å². The molecule has 2 heterocycles. The van der Waals surface area contributed by atoms with Crippen molar-refractivity contribution in [3.8, 4) is 0 Å². The van der Waals surface area contributed by atoms with Gasteiger partial charge in [0.15, 0.2) is 0 Å². The minimum atomic E-state index is -0.0557. The number of H-pyrrole nitrogens is 1. The summed E-state index contributed by atoms with van der Waals surface area (Å²) in [6, 6.07) is 12.3. The van der Waals surface area contributed by atoms with Gasteiger partial charge >= 0.3 is 0 Å². The van der Waals surface area contributed by atoms with E-state index in [1.807, 2.05) is 12.1 Å². The van der Waals surface area contributed by atoms with Gasteiger partial charge in [0.25, 0.3) is 5.91 Å². The Bertz CT molecular complexity index is 1070. The Morgan fingerprint density at radius 2 is 1.81 bits per heavy atom. The number of carbonyl (C=O) groups excluding carboxylic acids is 1. The van der Waals surface area contributed by atoms with E-state index < -0.39 is 0 Å². The van der Waals surface area contributed by atoms with Gasteiger partial charge in [-0.05, 0) is 61.9 Å². The van der Waals surface area contributed by atoms with Gasteiger partial charge in [-0.25, -0.2) is 4.98 Å². The number of benzene rings is 2. The fourth-order valence-electron chi connectivity index (χ4n) is 5.26. The van der Waals surface area contributed by atoms with Crippen LogP contribution in [0.25, 0.3) is 11.0 Å². The van der Waals surface area contributed by atoms with Crippen LogP contribution in [0.3, 0.4) is 0 Å². The van der Waals surface area contributed by atoms with Crippen LogP contribution in [0.4, 0.5) is 11.4 Å². The quantitative estimate of drug-likeness (QED) is 0.475. The molecule has 168 valence electrons. The highest BCUT2D eigenvalue weighted by atomic mass is 16.1. The molecule has 5 heteroatoms. The fourth-order valence-corrected chi connectivity index (χ4v) is 5.26. The zero-order valence-corrected chi connectivity index (χ0v) is 19.1. The summed E-state index contributed by atoms with van der Waals surface area (Å²) in [5.41, 5.74) is 5.96. The first-order valence-corrected chi connectivity index (χ1v) is 12.4. The lowest BCUT2D eigenvalue weighted by molar-refractivity contribution is 0.102. The highest BCUT2D eigenvalue weighted by Crippen LogP contribution is 2.36. The van der Waals surface area contributed by atoms with E-state index >= 15 is 0 Å². The largest absolute Gasteiger partial charge is 0.370 e. The van der Waals surface area contributed by atoms with Gasteiger partial charge in [-0.1, -0.05) is 44.7 Å². The molecule has 2 aromatic carbocycles. The van der Waals surface area contributed by atoms with Gasteiger partial charge in [0, 0.05) is 24.6 Å². The van der Waals surface area contributed by atoms with Gasteiger partial charge in [-0.3, -0.25) is 4.79 Å². The Labute approximate surface area is 190 Å². The molecule has 1 saturated carbocycles. The molecule has 1 aliphatic carbocycles. The van der Waals surface area contributed by atoms with E-state index in [1.165, 1.54) is 50.5 Å². The van der Waals surface area contributed by atoms with Gasteiger partial charge in [0.1, 0.15) is 5.82 Å². The highest BCUT2D eigenvalue weighted by Gasteiger charge is 2.22. The van der Waals surface area contributed by atoms with Crippen molar-refractivity contribution < 1.29 is 4.79 Å². The first-order chi connectivity index (χ1) is 15.7. The van der Waals surface area contributed by atoms with Gasteiger partial charge < -0.3 is 15.2 Å². The normalized spacial score (nSPS) is 17.2. The molecule has 2 fully saturated rings. The molecule has 1 aromatic heterocycles. The van der Waals surface area contributed by atoms with Gasteiger partial charge in [-0.15, -0.1) is 0 Å². The maximum Gasteiger partial charge on any atom is 0.255 e. The molecule has 0 atom stereocenters. The van der Waals surface area contributed by atoms with Crippen LogP contribution in [0.15, 0.2) is 36.4 Å². The molecule has 3 aromatic rings. The summed E-state index contributed by atoms with van der Waals surface area (Å²) in [5.74, 6) is 1.59. The Morgan fingerprint density at radius 3 is 2.53 bits per heavy atom. The highest BCUT2D eigenvalue weighted by molar-refractivity contribution is 6.07. The average molecular weight is 431 g/mol. The van der Waals surface area contributed by atoms with Gasteiger partial charge in [0.05, 0.1) is 22.4 Å². The van der Waals surface area contributed by atoms with Crippen LogP contribution in [0.5, 0.6) is 0 Å². The fraction of sp³-hybridized carbons (Fsp3) is 0.481. The van der Waals surface area contributed by atoms with Crippen molar-refractivity contribution in [2.75, 3.05) is 23.3 Å². The molecular weight excluding hydrogens is 396 g/mol. The molecule has 2 N–H and O–H groups in total. The number of anilines is 2. The van der Waals surface area contributed by atoms with Crippen LogP contribution < -0.4 is 10.2 Å². The number of carbonyl (C=O) groups is 1. The average Bonchev–Trinajstić information content (AvgIpc) is 3.50. The van der Waals surface area contributed by atoms with Crippen molar-refractivity contribution in [1.82, 2.24) is 9.97 Å². The number of imidazole rings is 1. The summed E-state index contributed by atoms with van der Waals surface area (Å²) in [5, 5.41) is 3.21. The van der Waals surface area contributed by atoms with E-state index in [0.717, 1.165) is 54.2 Å². The van der Waals surface area contributed by atoms with Crippen LogP contribution in [-0.2, 0) is 6.42 Å². The summed E-state index contributed by atoms with van der Waals surface area (Å²) >= 11 is 0. The lowest BCUT2D eigenvalue weighted by Crippen LogP contribution is -2.21. The van der Waals surface area contributed by atoms with Gasteiger partial charge in [-0.2, -0.15) is 0 Å². The zero-order valence-electron chi connectivity index (χ0n) is 19.1. The third-order valence-corrected chi connectivity index (χ3v) is 7.06. The molecule has 1 aliphatic heterocycles. The number of aromatic amines is 1. The van der Waals surface area contributed by atoms with E-state index in [-0.39, 0.29) is 5.91 Å². The third kappa shape index (κ3) is 4.38.